The van der Waals surface area contributed by atoms with Crippen molar-refractivity contribution in [1.82, 2.24) is 16.0 Å². The molecule has 0 aromatic heterocycles. The highest BCUT2D eigenvalue weighted by atomic mass is 32.1. The van der Waals surface area contributed by atoms with E-state index < -0.39 is 17.8 Å². The van der Waals surface area contributed by atoms with Gasteiger partial charge in [-0.25, -0.2) is 0 Å². The smallest absolute Gasteiger partial charge is 0.417 e. The third kappa shape index (κ3) is 4.61. The molecule has 1 fully saturated rings. The maximum Gasteiger partial charge on any atom is 0.417 e. The third-order valence-corrected chi connectivity index (χ3v) is 5.68. The second-order valence-electron chi connectivity index (χ2n) is 7.83. The largest absolute Gasteiger partial charge is 0.487 e. The van der Waals surface area contributed by atoms with Crippen molar-refractivity contribution in [2.45, 2.75) is 44.1 Å². The molecule has 0 bridgehead atoms. The quantitative estimate of drug-likeness (QED) is 0.625. The lowest BCUT2D eigenvalue weighted by Gasteiger charge is -2.30. The summed E-state index contributed by atoms with van der Waals surface area (Å²) in [5, 5.41) is 9.31. The molecule has 3 N–H and O–H groups in total. The van der Waals surface area contributed by atoms with Crippen molar-refractivity contribution >= 4 is 23.2 Å². The Labute approximate surface area is 183 Å². The minimum atomic E-state index is -4.47. The third-order valence-electron chi connectivity index (χ3n) is 5.44. The number of carbonyl (C=O) groups excluding carboxylic acids is 1. The Morgan fingerprint density at radius 3 is 2.65 bits per heavy atom. The van der Waals surface area contributed by atoms with Crippen LogP contribution < -0.4 is 20.7 Å². The number of halogens is 3. The topological polar surface area (TPSA) is 62.4 Å². The van der Waals surface area contributed by atoms with Crippen molar-refractivity contribution in [3.63, 3.8) is 0 Å². The highest BCUT2D eigenvalue weighted by molar-refractivity contribution is 7.80. The van der Waals surface area contributed by atoms with Crippen molar-refractivity contribution < 1.29 is 22.7 Å². The van der Waals surface area contributed by atoms with E-state index in [9.17, 15) is 18.0 Å². The molecule has 1 amide bonds. The zero-order valence-electron chi connectivity index (χ0n) is 16.8. The average Bonchev–Trinajstić information content (AvgIpc) is 3.14. The number of para-hydroxylation sites is 1. The van der Waals surface area contributed by atoms with Gasteiger partial charge in [-0.3, -0.25) is 4.79 Å². The van der Waals surface area contributed by atoms with Crippen molar-refractivity contribution in [3.05, 3.63) is 53.6 Å². The monoisotopic (exact) mass is 449 g/mol. The second-order valence-corrected chi connectivity index (χ2v) is 8.24. The van der Waals surface area contributed by atoms with Crippen molar-refractivity contribution in [1.29, 1.82) is 0 Å². The summed E-state index contributed by atoms with van der Waals surface area (Å²) in [6.45, 7) is 2.20. The Hall–Kier alpha value is -2.81. The van der Waals surface area contributed by atoms with E-state index in [1.165, 1.54) is 12.1 Å². The zero-order chi connectivity index (χ0) is 22.2. The molecule has 4 rings (SSSR count). The fraction of sp³-hybridized carbons (Fsp3) is 0.364. The summed E-state index contributed by atoms with van der Waals surface area (Å²) in [6, 6.07) is 10.3. The maximum absolute atomic E-state index is 13.5. The fourth-order valence-corrected chi connectivity index (χ4v) is 4.38. The number of amides is 1. The molecule has 1 saturated heterocycles. The van der Waals surface area contributed by atoms with Gasteiger partial charge in [-0.15, -0.1) is 0 Å². The molecule has 0 aliphatic carbocycles. The van der Waals surface area contributed by atoms with Gasteiger partial charge in [-0.05, 0) is 42.8 Å². The van der Waals surface area contributed by atoms with Crippen LogP contribution in [0.15, 0.2) is 42.5 Å². The van der Waals surface area contributed by atoms with Gasteiger partial charge in [0.25, 0.3) is 0 Å². The SMILES string of the molecule is C[C@@H]1C[C@@H](C(=O)NCC2Cc3cccc(-c4ccccc4C(F)(F)F)c3O2)NC(=S)N1. The Morgan fingerprint density at radius 1 is 1.16 bits per heavy atom. The van der Waals surface area contributed by atoms with Gasteiger partial charge < -0.3 is 20.7 Å². The van der Waals surface area contributed by atoms with Crippen LogP contribution in [0.5, 0.6) is 5.75 Å². The van der Waals surface area contributed by atoms with Crippen LogP contribution in [0.4, 0.5) is 13.2 Å². The van der Waals surface area contributed by atoms with Gasteiger partial charge >= 0.3 is 6.18 Å². The predicted molar refractivity (Wildman–Crippen MR) is 115 cm³/mol. The maximum atomic E-state index is 13.5. The van der Waals surface area contributed by atoms with Crippen molar-refractivity contribution in [2.75, 3.05) is 6.54 Å². The van der Waals surface area contributed by atoms with E-state index in [0.29, 0.717) is 29.3 Å². The highest BCUT2D eigenvalue weighted by Crippen LogP contribution is 2.43. The lowest BCUT2D eigenvalue weighted by Crippen LogP contribution is -2.58. The van der Waals surface area contributed by atoms with Crippen LogP contribution in [-0.4, -0.2) is 35.8 Å². The van der Waals surface area contributed by atoms with Crippen LogP contribution in [0.25, 0.3) is 11.1 Å². The van der Waals surface area contributed by atoms with Crippen LogP contribution in [0, 0.1) is 0 Å². The Morgan fingerprint density at radius 2 is 1.90 bits per heavy atom. The van der Waals surface area contributed by atoms with Crippen molar-refractivity contribution in [3.8, 4) is 16.9 Å². The number of alkyl halides is 3. The Kier molecular flexibility index (Phi) is 5.79. The molecule has 0 spiro atoms. The first kappa shape index (κ1) is 21.4. The molecule has 2 aliphatic heterocycles. The van der Waals surface area contributed by atoms with Gasteiger partial charge in [0.1, 0.15) is 17.9 Å². The molecule has 5 nitrogen and oxygen atoms in total. The molecule has 9 heteroatoms. The van der Waals surface area contributed by atoms with E-state index >= 15 is 0 Å². The number of fused-ring (bicyclic) bond motifs is 1. The number of benzene rings is 2. The predicted octanol–water partition coefficient (Wildman–Crippen LogP) is 3.42. The minimum Gasteiger partial charge on any atom is -0.487 e. The molecular weight excluding hydrogens is 427 g/mol. The van der Waals surface area contributed by atoms with Crippen LogP contribution in [0.3, 0.4) is 0 Å². The molecule has 2 aromatic rings. The van der Waals surface area contributed by atoms with E-state index in [2.05, 4.69) is 16.0 Å². The van der Waals surface area contributed by atoms with Gasteiger partial charge in [-0.2, -0.15) is 13.2 Å². The van der Waals surface area contributed by atoms with Gasteiger partial charge in [0.2, 0.25) is 5.91 Å². The molecule has 0 radical (unpaired) electrons. The van der Waals surface area contributed by atoms with Crippen molar-refractivity contribution in [2.24, 2.45) is 0 Å². The molecule has 0 saturated carbocycles. The van der Waals surface area contributed by atoms with Gasteiger partial charge in [-0.1, -0.05) is 36.4 Å². The van der Waals surface area contributed by atoms with Gasteiger partial charge in [0, 0.05) is 18.0 Å². The van der Waals surface area contributed by atoms with Gasteiger partial charge in [0.15, 0.2) is 5.11 Å². The lowest BCUT2D eigenvalue weighted by atomic mass is 9.96. The minimum absolute atomic E-state index is 0.0814. The van der Waals surface area contributed by atoms with E-state index in [1.807, 2.05) is 13.0 Å². The molecule has 2 aromatic carbocycles. The van der Waals surface area contributed by atoms with E-state index in [4.69, 9.17) is 17.0 Å². The molecule has 31 heavy (non-hydrogen) atoms. The first-order chi connectivity index (χ1) is 14.7. The molecule has 164 valence electrons. The summed E-state index contributed by atoms with van der Waals surface area (Å²) in [5.74, 6) is 0.256. The number of rotatable bonds is 4. The second kappa shape index (κ2) is 8.37. The summed E-state index contributed by atoms with van der Waals surface area (Å²) < 4.78 is 46.5. The summed E-state index contributed by atoms with van der Waals surface area (Å²) in [6.07, 6.45) is -3.73. The van der Waals surface area contributed by atoms with Crippen LogP contribution in [0.2, 0.25) is 0 Å². The normalized spacial score (nSPS) is 22.7. The number of nitrogens with one attached hydrogen (secondary N) is 3. The number of carbonyl (C=O) groups is 1. The first-order valence-corrected chi connectivity index (χ1v) is 10.4. The molecule has 2 aliphatic rings. The van der Waals surface area contributed by atoms with Gasteiger partial charge in [0.05, 0.1) is 12.1 Å². The van der Waals surface area contributed by atoms with Crippen LogP contribution in [-0.2, 0) is 17.4 Å². The number of ether oxygens (including phenoxy) is 1. The summed E-state index contributed by atoms with van der Waals surface area (Å²) >= 11 is 5.11. The number of hydrogen-bond acceptors (Lipinski definition) is 3. The highest BCUT2D eigenvalue weighted by Gasteiger charge is 2.35. The molecule has 2 heterocycles. The number of hydrogen-bond donors (Lipinski definition) is 3. The summed E-state index contributed by atoms with van der Waals surface area (Å²) in [4.78, 5) is 12.5. The lowest BCUT2D eigenvalue weighted by molar-refractivity contribution is -0.137. The van der Waals surface area contributed by atoms with E-state index in [0.717, 1.165) is 11.6 Å². The van der Waals surface area contributed by atoms with Crippen LogP contribution in [0.1, 0.15) is 24.5 Å². The molecule has 3 atom stereocenters. The Balaban J connectivity index is 1.47. The first-order valence-electron chi connectivity index (χ1n) is 10.0. The zero-order valence-corrected chi connectivity index (χ0v) is 17.6. The molecule has 1 unspecified atom stereocenters. The van der Waals surface area contributed by atoms with Crippen LogP contribution >= 0.6 is 12.2 Å². The molecular formula is C22H22F3N3O2S. The standard InChI is InChI=1S/C22H22F3N3O2S/c1-12-9-18(28-21(31)27-12)20(29)26-11-14-10-13-5-4-7-16(19(13)30-14)15-6-2-3-8-17(15)22(23,24)25/h2-8,12,14,18H,9-11H2,1H3,(H,26,29)(H2,27,28,31)/t12-,14?,18+/m1/s1. The summed E-state index contributed by atoms with van der Waals surface area (Å²) in [5.41, 5.74) is 0.603. The Bertz CT molecular complexity index is 1010. The number of thiocarbonyl (C=S) groups is 1. The fourth-order valence-electron chi connectivity index (χ4n) is 4.03. The average molecular weight is 449 g/mol. The van der Waals surface area contributed by atoms with E-state index in [1.54, 1.807) is 18.2 Å². The van der Waals surface area contributed by atoms with E-state index in [-0.39, 0.29) is 30.2 Å². The summed E-state index contributed by atoms with van der Waals surface area (Å²) in [7, 11) is 0.